The number of benzene rings is 2. The summed E-state index contributed by atoms with van der Waals surface area (Å²) in [7, 11) is 0. The summed E-state index contributed by atoms with van der Waals surface area (Å²) in [5, 5.41) is 5.24. The van der Waals surface area contributed by atoms with Gasteiger partial charge in [0.1, 0.15) is 11.5 Å². The molecule has 1 aliphatic rings. The lowest BCUT2D eigenvalue weighted by Gasteiger charge is -2.24. The number of rotatable bonds is 4. The highest BCUT2D eigenvalue weighted by atomic mass is 35.5. The minimum absolute atomic E-state index is 0.256. The minimum atomic E-state index is -0.289. The normalized spacial score (nSPS) is 16.3. The molecule has 4 rings (SSSR count). The van der Waals surface area contributed by atoms with E-state index in [1.807, 2.05) is 28.9 Å². The van der Waals surface area contributed by atoms with Crippen LogP contribution in [-0.2, 0) is 12.8 Å². The molecule has 0 amide bonds. The van der Waals surface area contributed by atoms with E-state index in [1.165, 1.54) is 17.7 Å². The van der Waals surface area contributed by atoms with E-state index in [0.29, 0.717) is 5.69 Å². The van der Waals surface area contributed by atoms with Gasteiger partial charge in [-0.15, -0.1) is 0 Å². The molecule has 0 fully saturated rings. The van der Waals surface area contributed by atoms with Crippen LogP contribution in [0, 0.1) is 5.82 Å². The predicted octanol–water partition coefficient (Wildman–Crippen LogP) is 5.14. The fraction of sp³-hybridized carbons (Fsp3) is 0.238. The van der Waals surface area contributed by atoms with Crippen molar-refractivity contribution in [3.05, 3.63) is 81.9 Å². The molecule has 3 nitrogen and oxygen atoms in total. The molecule has 0 spiro atoms. The summed E-state index contributed by atoms with van der Waals surface area (Å²) in [5.41, 5.74) is 4.56. The van der Waals surface area contributed by atoms with Gasteiger partial charge in [0.05, 0.1) is 11.4 Å². The summed E-state index contributed by atoms with van der Waals surface area (Å²) in [4.78, 5) is 11.5. The molecule has 1 unspecified atom stereocenters. The average Bonchev–Trinajstić information content (AvgIpc) is 3.04. The number of carbonyl (C=O) groups is 1. The van der Waals surface area contributed by atoms with E-state index in [0.717, 1.165) is 53.9 Å². The fourth-order valence-electron chi connectivity index (χ4n) is 3.80. The highest BCUT2D eigenvalue weighted by molar-refractivity contribution is 6.30. The third-order valence-corrected chi connectivity index (χ3v) is 5.25. The molecule has 26 heavy (non-hydrogen) atoms. The molecule has 1 heterocycles. The van der Waals surface area contributed by atoms with Gasteiger partial charge in [-0.25, -0.2) is 9.07 Å². The summed E-state index contributed by atoms with van der Waals surface area (Å²) in [5.74, 6) is -0.0331. The van der Waals surface area contributed by atoms with Gasteiger partial charge in [0.15, 0.2) is 6.29 Å². The van der Waals surface area contributed by atoms with E-state index in [2.05, 4.69) is 5.10 Å². The summed E-state index contributed by atoms with van der Waals surface area (Å²) >= 11 is 5.99. The van der Waals surface area contributed by atoms with Crippen molar-refractivity contribution in [3.8, 4) is 5.69 Å². The smallest absolute Gasteiger partial charge is 0.170 e. The Morgan fingerprint density at radius 1 is 1.15 bits per heavy atom. The molecule has 5 heteroatoms. The quantitative estimate of drug-likeness (QED) is 0.597. The molecular formula is C21H18ClFN2O. The van der Waals surface area contributed by atoms with Crippen LogP contribution in [0.25, 0.3) is 5.69 Å². The van der Waals surface area contributed by atoms with E-state index in [9.17, 15) is 9.18 Å². The molecule has 0 saturated carbocycles. The van der Waals surface area contributed by atoms with E-state index in [-0.39, 0.29) is 11.7 Å². The van der Waals surface area contributed by atoms with Gasteiger partial charge in [0.25, 0.3) is 0 Å². The zero-order valence-corrected chi connectivity index (χ0v) is 14.9. The van der Waals surface area contributed by atoms with Crippen molar-refractivity contribution in [1.29, 1.82) is 0 Å². The van der Waals surface area contributed by atoms with Crippen molar-refractivity contribution < 1.29 is 9.18 Å². The lowest BCUT2D eigenvalue weighted by atomic mass is 9.82. The Kier molecular flexibility index (Phi) is 4.60. The molecule has 0 bridgehead atoms. The molecule has 0 saturated heterocycles. The maximum atomic E-state index is 13.3. The van der Waals surface area contributed by atoms with Gasteiger partial charge in [-0.05, 0) is 67.6 Å². The monoisotopic (exact) mass is 368 g/mol. The summed E-state index contributed by atoms with van der Waals surface area (Å²) in [6.07, 6.45) is 4.59. The number of carbonyl (C=O) groups excluding carboxylic acids is 1. The Labute approximate surface area is 156 Å². The van der Waals surface area contributed by atoms with Crippen molar-refractivity contribution in [2.75, 3.05) is 0 Å². The number of halogens is 2. The first kappa shape index (κ1) is 17.0. The van der Waals surface area contributed by atoms with E-state index in [1.54, 1.807) is 12.1 Å². The third kappa shape index (κ3) is 3.17. The summed E-state index contributed by atoms with van der Waals surface area (Å²) in [6, 6.07) is 14.1. The highest BCUT2D eigenvalue weighted by Crippen LogP contribution is 2.37. The number of fused-ring (bicyclic) bond motifs is 1. The molecule has 3 aromatic rings. The maximum absolute atomic E-state index is 13.3. The molecule has 0 radical (unpaired) electrons. The van der Waals surface area contributed by atoms with Crippen LogP contribution in [0.1, 0.15) is 46.1 Å². The van der Waals surface area contributed by atoms with E-state index < -0.39 is 0 Å². The third-order valence-electron chi connectivity index (χ3n) is 5.00. The number of nitrogens with zero attached hydrogens (tertiary/aromatic N) is 2. The van der Waals surface area contributed by atoms with Crippen LogP contribution in [0.3, 0.4) is 0 Å². The van der Waals surface area contributed by atoms with Crippen molar-refractivity contribution in [3.63, 3.8) is 0 Å². The Balaban J connectivity index is 1.77. The molecule has 2 aromatic carbocycles. The van der Waals surface area contributed by atoms with Gasteiger partial charge < -0.3 is 0 Å². The van der Waals surface area contributed by atoms with Gasteiger partial charge >= 0.3 is 0 Å². The predicted molar refractivity (Wildman–Crippen MR) is 99.7 cm³/mol. The number of hydrogen-bond donors (Lipinski definition) is 0. The van der Waals surface area contributed by atoms with Gasteiger partial charge in [-0.1, -0.05) is 23.7 Å². The molecule has 1 aromatic heterocycles. The Hall–Kier alpha value is -2.46. The zero-order chi connectivity index (χ0) is 18.1. The minimum Gasteiger partial charge on any atom is -0.296 e. The first-order valence-corrected chi connectivity index (χ1v) is 9.11. The molecule has 0 N–H and O–H groups in total. The lowest BCUT2D eigenvalue weighted by Crippen LogP contribution is -2.16. The van der Waals surface area contributed by atoms with Crippen molar-refractivity contribution in [1.82, 2.24) is 9.78 Å². The van der Waals surface area contributed by atoms with Crippen LogP contribution in [-0.4, -0.2) is 16.1 Å². The molecule has 1 atom stereocenters. The van der Waals surface area contributed by atoms with E-state index in [4.69, 9.17) is 11.6 Å². The largest absolute Gasteiger partial charge is 0.296 e. The second-order valence-electron chi connectivity index (χ2n) is 6.67. The van der Waals surface area contributed by atoms with Crippen LogP contribution in [0.15, 0.2) is 48.5 Å². The number of aromatic nitrogens is 2. The van der Waals surface area contributed by atoms with Crippen LogP contribution < -0.4 is 0 Å². The van der Waals surface area contributed by atoms with Crippen LogP contribution in [0.2, 0.25) is 5.02 Å². The van der Waals surface area contributed by atoms with E-state index >= 15 is 0 Å². The maximum Gasteiger partial charge on any atom is 0.170 e. The molecule has 132 valence electrons. The summed E-state index contributed by atoms with van der Waals surface area (Å²) < 4.78 is 15.1. The van der Waals surface area contributed by atoms with Gasteiger partial charge in [0.2, 0.25) is 0 Å². The van der Waals surface area contributed by atoms with Gasteiger partial charge in [-0.3, -0.25) is 4.79 Å². The molecule has 1 aliphatic carbocycles. The summed E-state index contributed by atoms with van der Waals surface area (Å²) in [6.45, 7) is 0. The first-order chi connectivity index (χ1) is 12.7. The molecule has 0 aliphatic heterocycles. The molecular weight excluding hydrogens is 351 g/mol. The van der Waals surface area contributed by atoms with Crippen LogP contribution >= 0.6 is 11.6 Å². The number of hydrogen-bond acceptors (Lipinski definition) is 2. The van der Waals surface area contributed by atoms with Gasteiger partial charge in [0, 0.05) is 16.5 Å². The fourth-order valence-corrected chi connectivity index (χ4v) is 3.92. The van der Waals surface area contributed by atoms with Crippen molar-refractivity contribution >= 4 is 17.9 Å². The van der Waals surface area contributed by atoms with Crippen LogP contribution in [0.5, 0.6) is 0 Å². The second kappa shape index (κ2) is 7.04. The Morgan fingerprint density at radius 2 is 1.88 bits per heavy atom. The highest BCUT2D eigenvalue weighted by Gasteiger charge is 2.29. The lowest BCUT2D eigenvalue weighted by molar-refractivity contribution is 0.111. The van der Waals surface area contributed by atoms with Gasteiger partial charge in [-0.2, -0.15) is 5.10 Å². The zero-order valence-electron chi connectivity index (χ0n) is 14.2. The standard InChI is InChI=1S/C21H18ClFN2O/c22-16-6-4-14(5-7-16)12-15-2-1-3-19-20(13-26)24-25(21(15)19)18-10-8-17(23)9-11-18/h4-11,13,15H,1-3,12H2. The SMILES string of the molecule is O=Cc1nn(-c2ccc(F)cc2)c2c1CCCC2Cc1ccc(Cl)cc1. The average molecular weight is 369 g/mol. The topological polar surface area (TPSA) is 34.9 Å². The number of aldehydes is 1. The van der Waals surface area contributed by atoms with Crippen LogP contribution in [0.4, 0.5) is 4.39 Å². The second-order valence-corrected chi connectivity index (χ2v) is 7.11. The Bertz CT molecular complexity index is 932. The van der Waals surface area contributed by atoms with Crippen molar-refractivity contribution in [2.24, 2.45) is 0 Å². The van der Waals surface area contributed by atoms with Crippen molar-refractivity contribution in [2.45, 2.75) is 31.6 Å². The first-order valence-electron chi connectivity index (χ1n) is 8.73. The Morgan fingerprint density at radius 3 is 2.58 bits per heavy atom.